The number of nitrogens with zero attached hydrogens (tertiary/aromatic N) is 2. The normalized spacial score (nSPS) is 12.2. The van der Waals surface area contributed by atoms with E-state index >= 15 is 0 Å². The van der Waals surface area contributed by atoms with E-state index in [4.69, 9.17) is 15.9 Å². The Morgan fingerprint density at radius 1 is 1.30 bits per heavy atom. The van der Waals surface area contributed by atoms with E-state index < -0.39 is 30.7 Å². The van der Waals surface area contributed by atoms with Crippen LogP contribution in [0.4, 0.5) is 23.2 Å². The molecule has 0 aliphatic carbocycles. The first kappa shape index (κ1) is 22.8. The number of carbonyl (C=O) groups excluding carboxylic acids is 1. The molecule has 0 radical (unpaired) electrons. The highest BCUT2D eigenvalue weighted by atomic mass is 19.4. The van der Waals surface area contributed by atoms with E-state index in [1.807, 2.05) is 0 Å². The lowest BCUT2D eigenvalue weighted by Crippen LogP contribution is -2.19. The molecule has 1 amide bonds. The van der Waals surface area contributed by atoms with Crippen molar-refractivity contribution in [2.24, 2.45) is 5.73 Å². The van der Waals surface area contributed by atoms with Gasteiger partial charge in [0.2, 0.25) is 5.95 Å². The fraction of sp³-hybridized carbons (Fsp3) is 0.333. The third-order valence-corrected chi connectivity index (χ3v) is 3.83. The van der Waals surface area contributed by atoms with Crippen LogP contribution < -0.4 is 15.8 Å². The minimum absolute atomic E-state index is 0.0804. The Kier molecular flexibility index (Phi) is 7.50. The number of amides is 1. The van der Waals surface area contributed by atoms with Crippen molar-refractivity contribution in [2.75, 3.05) is 18.5 Å². The maximum atomic E-state index is 14.0. The Balaban J connectivity index is 2.01. The number of hydrogen-bond acceptors (Lipinski definition) is 6. The number of rotatable bonds is 8. The quantitative estimate of drug-likeness (QED) is 0.256. The number of nitrogens with one attached hydrogen (secondary N) is 2. The van der Waals surface area contributed by atoms with E-state index in [-0.39, 0.29) is 35.2 Å². The number of amidine groups is 1. The topological polar surface area (TPSA) is 123 Å². The van der Waals surface area contributed by atoms with Gasteiger partial charge in [-0.1, -0.05) is 6.92 Å². The van der Waals surface area contributed by atoms with E-state index in [1.54, 1.807) is 6.92 Å². The van der Waals surface area contributed by atoms with E-state index in [2.05, 4.69) is 20.0 Å². The zero-order chi connectivity index (χ0) is 22.3. The van der Waals surface area contributed by atoms with Crippen LogP contribution in [-0.2, 0) is 4.74 Å². The largest absolute Gasteiger partial charge is 0.483 e. The van der Waals surface area contributed by atoms with E-state index in [0.29, 0.717) is 6.42 Å². The molecule has 0 fully saturated rings. The van der Waals surface area contributed by atoms with Crippen molar-refractivity contribution in [3.8, 4) is 5.75 Å². The minimum atomic E-state index is -4.49. The average Bonchev–Trinajstić information content (AvgIpc) is 2.67. The number of hydrogen-bond donors (Lipinski definition) is 3. The van der Waals surface area contributed by atoms with Crippen molar-refractivity contribution >= 4 is 17.6 Å². The van der Waals surface area contributed by atoms with Crippen molar-refractivity contribution in [3.05, 3.63) is 47.8 Å². The molecule has 2 rings (SSSR count). The van der Waals surface area contributed by atoms with Crippen LogP contribution in [0.15, 0.2) is 30.6 Å². The number of ether oxygens (including phenoxy) is 2. The van der Waals surface area contributed by atoms with Crippen molar-refractivity contribution < 1.29 is 31.8 Å². The predicted octanol–water partition coefficient (Wildman–Crippen LogP) is 3.21. The number of alkyl halides is 3. The van der Waals surface area contributed by atoms with Crippen LogP contribution in [-0.4, -0.2) is 41.3 Å². The molecule has 30 heavy (non-hydrogen) atoms. The second-order valence-electron chi connectivity index (χ2n) is 6.24. The summed E-state index contributed by atoms with van der Waals surface area (Å²) in [5, 5.41) is 9.49. The van der Waals surface area contributed by atoms with Crippen LogP contribution in [0.25, 0.3) is 0 Å². The van der Waals surface area contributed by atoms with E-state index in [0.717, 1.165) is 12.4 Å². The van der Waals surface area contributed by atoms with Crippen LogP contribution in [0, 0.1) is 11.4 Å². The Morgan fingerprint density at radius 2 is 2.03 bits per heavy atom. The molecule has 0 aliphatic rings. The third kappa shape index (κ3) is 7.18. The van der Waals surface area contributed by atoms with Crippen LogP contribution in [0.1, 0.15) is 35.3 Å². The lowest BCUT2D eigenvalue weighted by Gasteiger charge is -2.14. The summed E-state index contributed by atoms with van der Waals surface area (Å²) in [6.07, 6.45) is -2.02. The second-order valence-corrected chi connectivity index (χ2v) is 6.24. The predicted molar refractivity (Wildman–Crippen MR) is 98.8 cm³/mol. The summed E-state index contributed by atoms with van der Waals surface area (Å²) >= 11 is 0. The molecule has 0 aliphatic heterocycles. The number of anilines is 1. The highest BCUT2D eigenvalue weighted by Gasteiger charge is 2.28. The summed E-state index contributed by atoms with van der Waals surface area (Å²) < 4.78 is 59.8. The van der Waals surface area contributed by atoms with Crippen LogP contribution in [0.3, 0.4) is 0 Å². The molecule has 2 heterocycles. The van der Waals surface area contributed by atoms with E-state index in [1.165, 1.54) is 18.2 Å². The van der Waals surface area contributed by atoms with Gasteiger partial charge in [0, 0.05) is 5.56 Å². The standard InChI is InChI=1S/C18H19F4N5O3/c1-10(4-5-29-17(23)24)13-6-11(7-26-15(13)19)27-16(28)14-3-2-12(8-25-14)30-9-18(20,21)22/h2-3,6-8,10H,4-5,9H2,1H3,(H3,23,24)(H,27,28)/t10-/m1/s1. The second kappa shape index (κ2) is 9.85. The molecule has 0 bridgehead atoms. The zero-order valence-electron chi connectivity index (χ0n) is 15.8. The van der Waals surface area contributed by atoms with Gasteiger partial charge in [-0.05, 0) is 30.5 Å². The molecule has 0 saturated carbocycles. The summed E-state index contributed by atoms with van der Waals surface area (Å²) in [6, 6.07) is 3.34. The SMILES string of the molecule is C[C@H](CCOC(=N)N)c1cc(NC(=O)c2ccc(OCC(F)(F)F)cn2)cnc1F. The maximum Gasteiger partial charge on any atom is 0.422 e. The molecule has 2 aromatic heterocycles. The van der Waals surface area contributed by atoms with Gasteiger partial charge in [0.25, 0.3) is 11.9 Å². The number of carbonyl (C=O) groups is 1. The minimum Gasteiger partial charge on any atom is -0.483 e. The summed E-state index contributed by atoms with van der Waals surface area (Å²) in [5.74, 6) is -1.86. The Hall–Kier alpha value is -3.44. The molecular formula is C18H19F4N5O3. The molecule has 4 N–H and O–H groups in total. The molecule has 1 atom stereocenters. The summed E-state index contributed by atoms with van der Waals surface area (Å²) in [4.78, 5) is 19.7. The van der Waals surface area contributed by atoms with Gasteiger partial charge in [-0.2, -0.15) is 17.6 Å². The summed E-state index contributed by atoms with van der Waals surface area (Å²) in [7, 11) is 0. The zero-order valence-corrected chi connectivity index (χ0v) is 15.8. The summed E-state index contributed by atoms with van der Waals surface area (Å²) in [6.45, 7) is 0.357. The van der Waals surface area contributed by atoms with Crippen molar-refractivity contribution in [1.29, 1.82) is 5.41 Å². The van der Waals surface area contributed by atoms with E-state index in [9.17, 15) is 22.4 Å². The Labute approximate surface area is 168 Å². The van der Waals surface area contributed by atoms with Gasteiger partial charge >= 0.3 is 6.18 Å². The first-order valence-corrected chi connectivity index (χ1v) is 8.64. The number of halogens is 4. The van der Waals surface area contributed by atoms with Crippen molar-refractivity contribution in [2.45, 2.75) is 25.4 Å². The van der Waals surface area contributed by atoms with Crippen LogP contribution >= 0.6 is 0 Å². The third-order valence-electron chi connectivity index (χ3n) is 3.83. The monoisotopic (exact) mass is 429 g/mol. The number of nitrogens with two attached hydrogens (primary N) is 1. The van der Waals surface area contributed by atoms with Gasteiger partial charge in [0.15, 0.2) is 6.61 Å². The highest BCUT2D eigenvalue weighted by molar-refractivity contribution is 6.02. The number of aromatic nitrogens is 2. The van der Waals surface area contributed by atoms with Gasteiger partial charge in [0.1, 0.15) is 11.4 Å². The fourth-order valence-corrected chi connectivity index (χ4v) is 2.34. The molecule has 12 heteroatoms. The van der Waals surface area contributed by atoms with Gasteiger partial charge < -0.3 is 20.5 Å². The van der Waals surface area contributed by atoms with Crippen LogP contribution in [0.5, 0.6) is 5.75 Å². The van der Waals surface area contributed by atoms with Crippen molar-refractivity contribution in [3.63, 3.8) is 0 Å². The highest BCUT2D eigenvalue weighted by Crippen LogP contribution is 2.24. The Bertz CT molecular complexity index is 890. The van der Waals surface area contributed by atoms with Gasteiger partial charge in [-0.15, -0.1) is 0 Å². The molecule has 2 aromatic rings. The molecule has 0 aromatic carbocycles. The molecule has 0 unspecified atom stereocenters. The van der Waals surface area contributed by atoms with Crippen molar-refractivity contribution in [1.82, 2.24) is 9.97 Å². The van der Waals surface area contributed by atoms with Gasteiger partial charge in [0.05, 0.1) is 24.7 Å². The first-order valence-electron chi connectivity index (χ1n) is 8.64. The number of pyridine rings is 2. The maximum absolute atomic E-state index is 14.0. The van der Waals surface area contributed by atoms with Crippen LogP contribution in [0.2, 0.25) is 0 Å². The molecule has 8 nitrogen and oxygen atoms in total. The Morgan fingerprint density at radius 3 is 2.63 bits per heavy atom. The molecule has 162 valence electrons. The lowest BCUT2D eigenvalue weighted by molar-refractivity contribution is -0.153. The first-order chi connectivity index (χ1) is 14.0. The molecular weight excluding hydrogens is 410 g/mol. The van der Waals surface area contributed by atoms with Gasteiger partial charge in [-0.3, -0.25) is 10.2 Å². The fourth-order valence-electron chi connectivity index (χ4n) is 2.34. The lowest BCUT2D eigenvalue weighted by atomic mass is 9.99. The molecule has 0 spiro atoms. The molecule has 0 saturated heterocycles. The smallest absolute Gasteiger partial charge is 0.422 e. The average molecular weight is 429 g/mol. The summed E-state index contributed by atoms with van der Waals surface area (Å²) in [5.41, 5.74) is 5.44. The van der Waals surface area contributed by atoms with Gasteiger partial charge in [-0.25, -0.2) is 9.97 Å².